The molecule has 0 fully saturated rings. The van der Waals surface area contributed by atoms with E-state index in [4.69, 9.17) is 0 Å². The Morgan fingerprint density at radius 2 is 0.781 bits per heavy atom. The maximum Gasteiger partial charge on any atom is 0.0624 e. The van der Waals surface area contributed by atoms with E-state index in [1.807, 2.05) is 0 Å². The fourth-order valence-corrected chi connectivity index (χ4v) is 10.5. The summed E-state index contributed by atoms with van der Waals surface area (Å²) in [5.41, 5.74) is 18.2. The van der Waals surface area contributed by atoms with E-state index in [9.17, 15) is 0 Å². The van der Waals surface area contributed by atoms with Gasteiger partial charge in [-0.2, -0.15) is 0 Å². The molecule has 11 aromatic rings. The molecule has 0 atom stereocenters. The van der Waals surface area contributed by atoms with Crippen molar-refractivity contribution < 1.29 is 0 Å². The maximum absolute atomic E-state index is 2.54. The largest absolute Gasteiger partial charge is 0.309 e. The number of fused-ring (bicyclic) bond motifs is 7. The lowest BCUT2D eigenvalue weighted by molar-refractivity contribution is 0.660. The molecule has 1 nitrogen and oxygen atoms in total. The van der Waals surface area contributed by atoms with Crippen molar-refractivity contribution in [2.75, 3.05) is 4.90 Å². The van der Waals surface area contributed by atoms with Gasteiger partial charge in [-0.3, -0.25) is 0 Å². The smallest absolute Gasteiger partial charge is 0.0624 e. The van der Waals surface area contributed by atoms with Gasteiger partial charge in [0.1, 0.15) is 0 Å². The van der Waals surface area contributed by atoms with Gasteiger partial charge in [0, 0.05) is 27.7 Å². The zero-order valence-corrected chi connectivity index (χ0v) is 36.0. The molecule has 302 valence electrons. The van der Waals surface area contributed by atoms with E-state index in [0.29, 0.717) is 0 Å². The summed E-state index contributed by atoms with van der Waals surface area (Å²) < 4.78 is 0. The first kappa shape index (κ1) is 37.7. The average molecular weight is 816 g/mol. The summed E-state index contributed by atoms with van der Waals surface area (Å²) in [6.07, 6.45) is 0. The standard InChI is InChI=1S/C63H45N/c1-63(2)59-40-47(42-17-5-3-6-18-42)33-37-55(59)56-38-36-50(41-60(56)63)64(49-34-31-45(32-35-49)52-24-12-11-23-51(52)44-20-7-4-8-21-44)62-58-28-16-14-26-54(58)53-25-13-15-27-57(53)61(62)48-30-29-43-19-9-10-22-46(43)39-48/h3-41H,1-2H3. The number of benzene rings is 11. The van der Waals surface area contributed by atoms with E-state index in [0.717, 1.165) is 11.4 Å². The second kappa shape index (κ2) is 15.1. The molecule has 0 radical (unpaired) electrons. The minimum Gasteiger partial charge on any atom is -0.309 e. The summed E-state index contributed by atoms with van der Waals surface area (Å²) in [6, 6.07) is 87.3. The molecule has 0 bridgehead atoms. The number of rotatable bonds is 7. The van der Waals surface area contributed by atoms with Gasteiger partial charge in [-0.1, -0.05) is 214 Å². The molecule has 0 saturated heterocycles. The minimum atomic E-state index is -0.227. The van der Waals surface area contributed by atoms with Crippen molar-refractivity contribution in [3.05, 3.63) is 248 Å². The van der Waals surface area contributed by atoms with Crippen LogP contribution >= 0.6 is 0 Å². The Bertz CT molecular complexity index is 3560. The fourth-order valence-electron chi connectivity index (χ4n) is 10.5. The summed E-state index contributed by atoms with van der Waals surface area (Å²) in [7, 11) is 0. The minimum absolute atomic E-state index is 0.227. The summed E-state index contributed by atoms with van der Waals surface area (Å²) in [5, 5.41) is 7.38. The first-order chi connectivity index (χ1) is 31.5. The van der Waals surface area contributed by atoms with Crippen LogP contribution in [0.15, 0.2) is 237 Å². The topological polar surface area (TPSA) is 3.24 Å². The predicted octanol–water partition coefficient (Wildman–Crippen LogP) is 17.6. The molecule has 64 heavy (non-hydrogen) atoms. The van der Waals surface area contributed by atoms with Crippen LogP contribution in [0.25, 0.3) is 88.0 Å². The van der Waals surface area contributed by atoms with E-state index in [2.05, 4.69) is 255 Å². The summed E-state index contributed by atoms with van der Waals surface area (Å²) >= 11 is 0. The van der Waals surface area contributed by atoms with Crippen LogP contribution in [-0.4, -0.2) is 0 Å². The van der Waals surface area contributed by atoms with Crippen molar-refractivity contribution in [3.63, 3.8) is 0 Å². The van der Waals surface area contributed by atoms with Crippen molar-refractivity contribution in [1.82, 2.24) is 0 Å². The first-order valence-electron chi connectivity index (χ1n) is 22.3. The Kier molecular flexibility index (Phi) is 8.91. The number of hydrogen-bond acceptors (Lipinski definition) is 1. The molecule has 1 aliphatic carbocycles. The third-order valence-electron chi connectivity index (χ3n) is 13.6. The third-order valence-corrected chi connectivity index (χ3v) is 13.6. The molecular formula is C63H45N. The molecule has 0 heterocycles. The quantitative estimate of drug-likeness (QED) is 0.145. The van der Waals surface area contributed by atoms with Crippen LogP contribution in [0.1, 0.15) is 25.0 Å². The molecule has 12 rings (SSSR count). The molecule has 0 aromatic heterocycles. The Balaban J connectivity index is 1.11. The van der Waals surface area contributed by atoms with Crippen LogP contribution < -0.4 is 4.90 Å². The highest BCUT2D eigenvalue weighted by atomic mass is 15.1. The Morgan fingerprint density at radius 1 is 0.297 bits per heavy atom. The fraction of sp³-hybridized carbons (Fsp3) is 0.0476. The van der Waals surface area contributed by atoms with Gasteiger partial charge in [-0.05, 0) is 125 Å². The van der Waals surface area contributed by atoms with E-state index >= 15 is 0 Å². The van der Waals surface area contributed by atoms with Crippen LogP contribution in [0.3, 0.4) is 0 Å². The van der Waals surface area contributed by atoms with Crippen molar-refractivity contribution in [2.24, 2.45) is 0 Å². The zero-order chi connectivity index (χ0) is 42.8. The Morgan fingerprint density at radius 3 is 1.48 bits per heavy atom. The second-order valence-electron chi connectivity index (χ2n) is 17.7. The van der Waals surface area contributed by atoms with Crippen LogP contribution in [0.4, 0.5) is 17.1 Å². The summed E-state index contributed by atoms with van der Waals surface area (Å²) in [4.78, 5) is 2.54. The highest BCUT2D eigenvalue weighted by Crippen LogP contribution is 2.54. The van der Waals surface area contributed by atoms with E-state index in [1.165, 1.54) is 105 Å². The van der Waals surface area contributed by atoms with Gasteiger partial charge >= 0.3 is 0 Å². The van der Waals surface area contributed by atoms with Gasteiger partial charge in [0.05, 0.1) is 5.69 Å². The van der Waals surface area contributed by atoms with Crippen LogP contribution in [-0.2, 0) is 5.41 Å². The first-order valence-corrected chi connectivity index (χ1v) is 22.3. The van der Waals surface area contributed by atoms with E-state index in [1.54, 1.807) is 0 Å². The SMILES string of the molecule is CC1(C)c2cc(-c3ccccc3)ccc2-c2ccc(N(c3ccc(-c4ccccc4-c4ccccc4)cc3)c3c(-c4ccc5ccccc5c4)c4ccccc4c4ccccc34)cc21. The van der Waals surface area contributed by atoms with E-state index in [-0.39, 0.29) is 5.41 Å². The van der Waals surface area contributed by atoms with Crippen molar-refractivity contribution in [3.8, 4) is 55.6 Å². The van der Waals surface area contributed by atoms with Gasteiger partial charge < -0.3 is 4.90 Å². The molecule has 0 unspecified atom stereocenters. The predicted molar refractivity (Wildman–Crippen MR) is 273 cm³/mol. The van der Waals surface area contributed by atoms with Gasteiger partial charge in [0.2, 0.25) is 0 Å². The van der Waals surface area contributed by atoms with Crippen molar-refractivity contribution in [1.29, 1.82) is 0 Å². The van der Waals surface area contributed by atoms with Crippen LogP contribution in [0.2, 0.25) is 0 Å². The molecule has 0 N–H and O–H groups in total. The maximum atomic E-state index is 2.54. The lowest BCUT2D eigenvalue weighted by Crippen LogP contribution is -2.17. The van der Waals surface area contributed by atoms with Gasteiger partial charge in [0.15, 0.2) is 0 Å². The normalized spacial score (nSPS) is 12.7. The monoisotopic (exact) mass is 815 g/mol. The molecule has 11 aromatic carbocycles. The average Bonchev–Trinajstić information content (AvgIpc) is 3.59. The van der Waals surface area contributed by atoms with Crippen LogP contribution in [0.5, 0.6) is 0 Å². The van der Waals surface area contributed by atoms with Crippen molar-refractivity contribution in [2.45, 2.75) is 19.3 Å². The molecule has 0 aliphatic heterocycles. The van der Waals surface area contributed by atoms with Crippen LogP contribution in [0, 0.1) is 0 Å². The summed E-state index contributed by atoms with van der Waals surface area (Å²) in [5.74, 6) is 0. The molecule has 0 saturated carbocycles. The second-order valence-corrected chi connectivity index (χ2v) is 17.7. The Labute approximate surface area is 375 Å². The lowest BCUT2D eigenvalue weighted by Gasteiger charge is -2.32. The van der Waals surface area contributed by atoms with Gasteiger partial charge in [-0.25, -0.2) is 0 Å². The van der Waals surface area contributed by atoms with Gasteiger partial charge in [-0.15, -0.1) is 0 Å². The highest BCUT2D eigenvalue weighted by molar-refractivity contribution is 6.23. The number of anilines is 3. The molecular weight excluding hydrogens is 771 g/mol. The third kappa shape index (κ3) is 6.15. The molecule has 0 amide bonds. The molecule has 1 aliphatic rings. The molecule has 1 heteroatoms. The molecule has 0 spiro atoms. The lowest BCUT2D eigenvalue weighted by atomic mass is 9.81. The van der Waals surface area contributed by atoms with E-state index < -0.39 is 0 Å². The number of hydrogen-bond donors (Lipinski definition) is 0. The van der Waals surface area contributed by atoms with Crippen molar-refractivity contribution >= 4 is 49.4 Å². The van der Waals surface area contributed by atoms with Gasteiger partial charge in [0.25, 0.3) is 0 Å². The zero-order valence-electron chi connectivity index (χ0n) is 36.0. The Hall–Kier alpha value is -8.00. The summed E-state index contributed by atoms with van der Waals surface area (Å²) in [6.45, 7) is 4.79. The number of nitrogens with zero attached hydrogens (tertiary/aromatic N) is 1. The highest BCUT2D eigenvalue weighted by Gasteiger charge is 2.37.